The van der Waals surface area contributed by atoms with Crippen molar-refractivity contribution in [3.05, 3.63) is 51.1 Å². The van der Waals surface area contributed by atoms with Crippen molar-refractivity contribution in [2.24, 2.45) is 5.92 Å². The maximum atomic E-state index is 12.5. The van der Waals surface area contributed by atoms with Gasteiger partial charge in [0.05, 0.1) is 11.9 Å². The second-order valence-electron chi connectivity index (χ2n) is 6.76. The third-order valence-electron chi connectivity index (χ3n) is 4.64. The summed E-state index contributed by atoms with van der Waals surface area (Å²) in [5.74, 6) is 0.290. The smallest absolute Gasteiger partial charge is 0.283 e. The molecule has 0 aromatic carbocycles. The molecule has 2 N–H and O–H groups in total. The minimum atomic E-state index is -0.328. The van der Waals surface area contributed by atoms with Crippen molar-refractivity contribution < 1.29 is 4.79 Å². The van der Waals surface area contributed by atoms with Crippen LogP contribution in [0.3, 0.4) is 0 Å². The first-order valence-electron chi connectivity index (χ1n) is 9.70. The number of amides is 1. The Kier molecular flexibility index (Phi) is 9.13. The maximum absolute atomic E-state index is 12.5. The molecule has 0 aliphatic rings. The Labute approximate surface area is 174 Å². The summed E-state index contributed by atoms with van der Waals surface area (Å²) in [6.07, 6.45) is 9.57. The molecule has 2 heterocycles. The van der Waals surface area contributed by atoms with Crippen LogP contribution in [-0.4, -0.2) is 27.2 Å². The van der Waals surface area contributed by atoms with E-state index in [-0.39, 0.29) is 18.0 Å². The van der Waals surface area contributed by atoms with Gasteiger partial charge in [-0.15, -0.1) is 0 Å². The molecule has 8 heteroatoms. The molecule has 2 rings (SSSR count). The van der Waals surface area contributed by atoms with Gasteiger partial charge in [0.25, 0.3) is 5.56 Å². The van der Waals surface area contributed by atoms with E-state index >= 15 is 0 Å². The first kappa shape index (κ1) is 22.1. The SMILES string of the molecule is CCCCC(CC)CNc1cnn(CC(=O)NCc2ccncc2)c(=O)c1Br. The Morgan fingerprint density at radius 2 is 2.04 bits per heavy atom. The van der Waals surface area contributed by atoms with Gasteiger partial charge in [0.1, 0.15) is 11.0 Å². The molecular weight excluding hydrogens is 422 g/mol. The summed E-state index contributed by atoms with van der Waals surface area (Å²) in [6.45, 7) is 5.42. The van der Waals surface area contributed by atoms with Crippen LogP contribution in [0, 0.1) is 5.92 Å². The van der Waals surface area contributed by atoms with E-state index in [1.807, 2.05) is 12.1 Å². The highest BCUT2D eigenvalue weighted by atomic mass is 79.9. The monoisotopic (exact) mass is 449 g/mol. The van der Waals surface area contributed by atoms with Crippen molar-refractivity contribution in [3.63, 3.8) is 0 Å². The van der Waals surface area contributed by atoms with Crippen LogP contribution in [0.15, 0.2) is 40.0 Å². The van der Waals surface area contributed by atoms with Gasteiger partial charge in [-0.1, -0.05) is 33.1 Å². The van der Waals surface area contributed by atoms with Gasteiger partial charge in [-0.3, -0.25) is 14.6 Å². The number of anilines is 1. The summed E-state index contributed by atoms with van der Waals surface area (Å²) in [5.41, 5.74) is 1.27. The van der Waals surface area contributed by atoms with Crippen LogP contribution < -0.4 is 16.2 Å². The molecule has 0 saturated carbocycles. The van der Waals surface area contributed by atoms with E-state index in [9.17, 15) is 9.59 Å². The summed E-state index contributed by atoms with van der Waals surface area (Å²) in [4.78, 5) is 28.6. The number of aromatic nitrogens is 3. The lowest BCUT2D eigenvalue weighted by molar-refractivity contribution is -0.122. The topological polar surface area (TPSA) is 88.9 Å². The molecule has 2 aromatic rings. The molecule has 0 fully saturated rings. The average Bonchev–Trinajstić information content (AvgIpc) is 2.72. The standard InChI is InChI=1S/C20H28BrN5O2/c1-3-5-6-15(4-2)11-23-17-13-25-26(20(28)19(17)21)14-18(27)24-12-16-7-9-22-10-8-16/h7-10,13,15,23H,3-6,11-12,14H2,1-2H3,(H,24,27). The Balaban J connectivity index is 1.93. The number of hydrogen-bond acceptors (Lipinski definition) is 5. The number of hydrogen-bond donors (Lipinski definition) is 2. The van der Waals surface area contributed by atoms with Crippen LogP contribution in [0.2, 0.25) is 0 Å². The maximum Gasteiger partial charge on any atom is 0.283 e. The van der Waals surface area contributed by atoms with Crippen molar-refractivity contribution in [1.82, 2.24) is 20.1 Å². The minimum Gasteiger partial charge on any atom is -0.382 e. The number of pyridine rings is 1. The molecule has 0 aliphatic carbocycles. The average molecular weight is 450 g/mol. The summed E-state index contributed by atoms with van der Waals surface area (Å²) in [5, 5.41) is 10.2. The number of nitrogens with zero attached hydrogens (tertiary/aromatic N) is 3. The molecular formula is C20H28BrN5O2. The van der Waals surface area contributed by atoms with E-state index in [1.165, 1.54) is 19.3 Å². The van der Waals surface area contributed by atoms with E-state index in [0.29, 0.717) is 22.6 Å². The molecule has 0 saturated heterocycles. The van der Waals surface area contributed by atoms with Crippen LogP contribution in [0.5, 0.6) is 0 Å². The van der Waals surface area contributed by atoms with Gasteiger partial charge in [-0.05, 0) is 46.0 Å². The number of carbonyl (C=O) groups excluding carboxylic acids is 1. The lowest BCUT2D eigenvalue weighted by atomic mass is 9.99. The van der Waals surface area contributed by atoms with Gasteiger partial charge < -0.3 is 10.6 Å². The molecule has 0 bridgehead atoms. The molecule has 0 aliphatic heterocycles. The molecule has 0 spiro atoms. The quantitative estimate of drug-likeness (QED) is 0.548. The second-order valence-corrected chi connectivity index (χ2v) is 7.56. The van der Waals surface area contributed by atoms with Crippen molar-refractivity contribution in [2.75, 3.05) is 11.9 Å². The van der Waals surface area contributed by atoms with Crippen molar-refractivity contribution in [2.45, 2.75) is 52.6 Å². The number of rotatable bonds is 11. The van der Waals surface area contributed by atoms with E-state index in [2.05, 4.69) is 50.5 Å². The highest BCUT2D eigenvalue weighted by Crippen LogP contribution is 2.19. The van der Waals surface area contributed by atoms with Crippen LogP contribution in [-0.2, 0) is 17.9 Å². The van der Waals surface area contributed by atoms with Crippen LogP contribution >= 0.6 is 15.9 Å². The predicted octanol–water partition coefficient (Wildman–Crippen LogP) is 3.35. The first-order valence-corrected chi connectivity index (χ1v) is 10.5. The molecule has 1 unspecified atom stereocenters. The van der Waals surface area contributed by atoms with Crippen molar-refractivity contribution in [3.8, 4) is 0 Å². The molecule has 7 nitrogen and oxygen atoms in total. The fourth-order valence-corrected chi connectivity index (χ4v) is 3.24. The molecule has 28 heavy (non-hydrogen) atoms. The Morgan fingerprint density at radius 3 is 2.71 bits per heavy atom. The van der Waals surface area contributed by atoms with Crippen molar-refractivity contribution >= 4 is 27.5 Å². The first-order chi connectivity index (χ1) is 13.5. The lowest BCUT2D eigenvalue weighted by Crippen LogP contribution is -2.34. The minimum absolute atomic E-state index is 0.128. The molecule has 1 atom stereocenters. The number of carbonyl (C=O) groups is 1. The Hall–Kier alpha value is -2.22. The van der Waals surface area contributed by atoms with Gasteiger partial charge >= 0.3 is 0 Å². The Bertz CT molecular complexity index is 810. The van der Waals surface area contributed by atoms with E-state index in [4.69, 9.17) is 0 Å². The van der Waals surface area contributed by atoms with Gasteiger partial charge in [-0.25, -0.2) is 4.68 Å². The number of unbranched alkanes of at least 4 members (excludes halogenated alkanes) is 1. The largest absolute Gasteiger partial charge is 0.382 e. The zero-order chi connectivity index (χ0) is 20.4. The fourth-order valence-electron chi connectivity index (χ4n) is 2.79. The molecule has 1 amide bonds. The molecule has 152 valence electrons. The van der Waals surface area contributed by atoms with Crippen LogP contribution in [0.4, 0.5) is 5.69 Å². The highest BCUT2D eigenvalue weighted by Gasteiger charge is 2.13. The summed E-state index contributed by atoms with van der Waals surface area (Å²) in [7, 11) is 0. The zero-order valence-corrected chi connectivity index (χ0v) is 18.0. The van der Waals surface area contributed by atoms with E-state index < -0.39 is 0 Å². The summed E-state index contributed by atoms with van der Waals surface area (Å²) in [6, 6.07) is 3.65. The summed E-state index contributed by atoms with van der Waals surface area (Å²) >= 11 is 3.35. The van der Waals surface area contributed by atoms with Gasteiger partial charge in [-0.2, -0.15) is 5.10 Å². The molecule has 0 radical (unpaired) electrons. The zero-order valence-electron chi connectivity index (χ0n) is 16.4. The Morgan fingerprint density at radius 1 is 1.29 bits per heavy atom. The third kappa shape index (κ3) is 6.74. The van der Waals surface area contributed by atoms with Crippen molar-refractivity contribution in [1.29, 1.82) is 0 Å². The highest BCUT2D eigenvalue weighted by molar-refractivity contribution is 9.10. The summed E-state index contributed by atoms with van der Waals surface area (Å²) < 4.78 is 1.56. The van der Waals surface area contributed by atoms with Gasteiger partial charge in [0.15, 0.2) is 0 Å². The number of halogens is 1. The van der Waals surface area contributed by atoms with Gasteiger partial charge in [0.2, 0.25) is 5.91 Å². The lowest BCUT2D eigenvalue weighted by Gasteiger charge is -2.17. The van der Waals surface area contributed by atoms with Crippen LogP contribution in [0.25, 0.3) is 0 Å². The predicted molar refractivity (Wildman–Crippen MR) is 114 cm³/mol. The number of nitrogens with one attached hydrogen (secondary N) is 2. The van der Waals surface area contributed by atoms with E-state index in [1.54, 1.807) is 18.6 Å². The normalized spacial score (nSPS) is 11.8. The fraction of sp³-hybridized carbons (Fsp3) is 0.500. The van der Waals surface area contributed by atoms with Crippen LogP contribution in [0.1, 0.15) is 45.1 Å². The third-order valence-corrected chi connectivity index (χ3v) is 5.41. The van der Waals surface area contributed by atoms with Gasteiger partial charge in [0, 0.05) is 25.5 Å². The van der Waals surface area contributed by atoms with E-state index in [0.717, 1.165) is 23.2 Å². The second kappa shape index (κ2) is 11.6. The molecule has 2 aromatic heterocycles.